The van der Waals surface area contributed by atoms with E-state index < -0.39 is 0 Å². The first-order chi connectivity index (χ1) is 6.26. The normalized spacial score (nSPS) is 9.69. The van der Waals surface area contributed by atoms with E-state index in [1.807, 2.05) is 6.92 Å². The second-order valence-electron chi connectivity index (χ2n) is 2.63. The van der Waals surface area contributed by atoms with Gasteiger partial charge in [0.05, 0.1) is 11.9 Å². The average molecular weight is 182 g/mol. The van der Waals surface area contributed by atoms with Crippen molar-refractivity contribution in [3.63, 3.8) is 0 Å². The monoisotopic (exact) mass is 182 g/mol. The van der Waals surface area contributed by atoms with Crippen molar-refractivity contribution in [1.82, 2.24) is 15.1 Å². The largest absolute Gasteiger partial charge is 0.383 e. The van der Waals surface area contributed by atoms with Crippen LogP contribution in [0.15, 0.2) is 12.4 Å². The molecule has 0 radical (unpaired) electrons. The lowest BCUT2D eigenvalue weighted by Gasteiger charge is -1.99. The summed E-state index contributed by atoms with van der Waals surface area (Å²) in [6, 6.07) is 0. The molecule has 13 heavy (non-hydrogen) atoms. The number of hydrogen-bond donors (Lipinski definition) is 2. The zero-order valence-corrected chi connectivity index (χ0v) is 7.87. The number of anilines is 1. The van der Waals surface area contributed by atoms with Gasteiger partial charge in [-0.05, 0) is 6.92 Å². The maximum absolute atomic E-state index is 11.0. The van der Waals surface area contributed by atoms with Gasteiger partial charge < -0.3 is 10.6 Å². The minimum absolute atomic E-state index is 0.0499. The molecule has 1 aromatic rings. The first-order valence-electron chi connectivity index (χ1n) is 4.23. The lowest BCUT2D eigenvalue weighted by atomic mass is 10.5. The van der Waals surface area contributed by atoms with E-state index in [0.717, 1.165) is 12.2 Å². The van der Waals surface area contributed by atoms with Gasteiger partial charge in [-0.3, -0.25) is 9.48 Å². The third kappa shape index (κ3) is 2.77. The number of nitrogens with zero attached hydrogens (tertiary/aromatic N) is 2. The third-order valence-corrected chi connectivity index (χ3v) is 1.60. The molecule has 0 saturated carbocycles. The number of hydrogen-bond acceptors (Lipinski definition) is 3. The molecular formula is C8H14N4O. The number of amides is 1. The summed E-state index contributed by atoms with van der Waals surface area (Å²) in [4.78, 5) is 11.0. The van der Waals surface area contributed by atoms with Crippen molar-refractivity contribution in [2.24, 2.45) is 0 Å². The van der Waals surface area contributed by atoms with E-state index in [-0.39, 0.29) is 12.5 Å². The van der Waals surface area contributed by atoms with Gasteiger partial charge in [-0.1, -0.05) is 0 Å². The Hall–Kier alpha value is -1.52. The van der Waals surface area contributed by atoms with Crippen molar-refractivity contribution in [2.45, 2.75) is 13.5 Å². The van der Waals surface area contributed by atoms with Gasteiger partial charge in [0.1, 0.15) is 6.54 Å². The molecule has 1 aromatic heterocycles. The number of carbonyl (C=O) groups is 1. The van der Waals surface area contributed by atoms with Crippen LogP contribution in [0.5, 0.6) is 0 Å². The van der Waals surface area contributed by atoms with Gasteiger partial charge in [0, 0.05) is 19.8 Å². The summed E-state index contributed by atoms with van der Waals surface area (Å²) in [5, 5.41) is 9.65. The second kappa shape index (κ2) is 4.49. The minimum Gasteiger partial charge on any atom is -0.383 e. The number of likely N-dealkylation sites (N-methyl/N-ethyl adjacent to an activating group) is 1. The maximum Gasteiger partial charge on any atom is 0.241 e. The van der Waals surface area contributed by atoms with E-state index >= 15 is 0 Å². The summed E-state index contributed by atoms with van der Waals surface area (Å²) in [6.45, 7) is 3.13. The summed E-state index contributed by atoms with van der Waals surface area (Å²) < 4.78 is 1.59. The Kier molecular flexibility index (Phi) is 3.31. The van der Waals surface area contributed by atoms with Gasteiger partial charge >= 0.3 is 0 Å². The van der Waals surface area contributed by atoms with Crippen molar-refractivity contribution < 1.29 is 4.79 Å². The van der Waals surface area contributed by atoms with Crippen LogP contribution in [0.4, 0.5) is 5.69 Å². The molecule has 72 valence electrons. The van der Waals surface area contributed by atoms with E-state index in [1.165, 1.54) is 0 Å². The zero-order chi connectivity index (χ0) is 9.68. The molecular weight excluding hydrogens is 168 g/mol. The Morgan fingerprint density at radius 2 is 2.46 bits per heavy atom. The molecule has 1 heterocycles. The van der Waals surface area contributed by atoms with E-state index in [9.17, 15) is 4.79 Å². The zero-order valence-electron chi connectivity index (χ0n) is 7.87. The standard InChI is InChI=1S/C8H14N4O/c1-3-10-7-4-11-12(5-7)6-8(13)9-2/h4-5,10H,3,6H2,1-2H3,(H,9,13). The van der Waals surface area contributed by atoms with Crippen LogP contribution in [0.2, 0.25) is 0 Å². The van der Waals surface area contributed by atoms with E-state index in [2.05, 4.69) is 15.7 Å². The molecule has 0 spiro atoms. The van der Waals surface area contributed by atoms with Crippen LogP contribution in [-0.2, 0) is 11.3 Å². The molecule has 2 N–H and O–H groups in total. The summed E-state index contributed by atoms with van der Waals surface area (Å²) >= 11 is 0. The molecule has 0 aliphatic carbocycles. The Balaban J connectivity index is 2.53. The highest BCUT2D eigenvalue weighted by Gasteiger charge is 2.01. The van der Waals surface area contributed by atoms with Gasteiger partial charge in [-0.15, -0.1) is 0 Å². The fraction of sp³-hybridized carbons (Fsp3) is 0.500. The van der Waals surface area contributed by atoms with Crippen LogP contribution in [-0.4, -0.2) is 29.3 Å². The molecule has 0 atom stereocenters. The highest BCUT2D eigenvalue weighted by molar-refractivity contribution is 5.75. The molecule has 1 rings (SSSR count). The number of aromatic nitrogens is 2. The molecule has 0 aliphatic rings. The number of nitrogens with one attached hydrogen (secondary N) is 2. The van der Waals surface area contributed by atoms with Crippen LogP contribution in [0.3, 0.4) is 0 Å². The van der Waals surface area contributed by atoms with Crippen LogP contribution in [0.1, 0.15) is 6.92 Å². The van der Waals surface area contributed by atoms with Gasteiger partial charge in [-0.2, -0.15) is 5.10 Å². The van der Waals surface area contributed by atoms with Crippen LogP contribution in [0.25, 0.3) is 0 Å². The SMILES string of the molecule is CCNc1cnn(CC(=O)NC)c1. The fourth-order valence-corrected chi connectivity index (χ4v) is 0.972. The van der Waals surface area contributed by atoms with Crippen molar-refractivity contribution in [3.05, 3.63) is 12.4 Å². The predicted octanol–water partition coefficient (Wildman–Crippen LogP) is 0.0609. The molecule has 1 amide bonds. The van der Waals surface area contributed by atoms with Crippen molar-refractivity contribution in [2.75, 3.05) is 18.9 Å². The Labute approximate surface area is 77.1 Å². The van der Waals surface area contributed by atoms with Crippen molar-refractivity contribution in [1.29, 1.82) is 0 Å². The van der Waals surface area contributed by atoms with Gasteiger partial charge in [-0.25, -0.2) is 0 Å². The second-order valence-corrected chi connectivity index (χ2v) is 2.63. The van der Waals surface area contributed by atoms with E-state index in [4.69, 9.17) is 0 Å². The van der Waals surface area contributed by atoms with Gasteiger partial charge in [0.2, 0.25) is 5.91 Å². The van der Waals surface area contributed by atoms with Crippen molar-refractivity contribution in [3.8, 4) is 0 Å². The first kappa shape index (κ1) is 9.57. The van der Waals surface area contributed by atoms with Crippen LogP contribution < -0.4 is 10.6 Å². The van der Waals surface area contributed by atoms with E-state index in [0.29, 0.717) is 0 Å². The minimum atomic E-state index is -0.0499. The number of carbonyl (C=O) groups excluding carboxylic acids is 1. The molecule has 5 heteroatoms. The maximum atomic E-state index is 11.0. The molecule has 5 nitrogen and oxygen atoms in total. The Bertz CT molecular complexity index is 281. The molecule has 0 unspecified atom stereocenters. The number of rotatable bonds is 4. The predicted molar refractivity (Wildman–Crippen MR) is 50.5 cm³/mol. The average Bonchev–Trinajstić information content (AvgIpc) is 2.53. The van der Waals surface area contributed by atoms with Crippen molar-refractivity contribution >= 4 is 11.6 Å². The third-order valence-electron chi connectivity index (χ3n) is 1.60. The van der Waals surface area contributed by atoms with E-state index in [1.54, 1.807) is 24.1 Å². The summed E-state index contributed by atoms with van der Waals surface area (Å²) in [7, 11) is 1.61. The summed E-state index contributed by atoms with van der Waals surface area (Å²) in [5.74, 6) is -0.0499. The topological polar surface area (TPSA) is 59.0 Å². The molecule has 0 saturated heterocycles. The molecule has 0 bridgehead atoms. The Morgan fingerprint density at radius 3 is 3.08 bits per heavy atom. The first-order valence-corrected chi connectivity index (χ1v) is 4.23. The lowest BCUT2D eigenvalue weighted by Crippen LogP contribution is -2.23. The smallest absolute Gasteiger partial charge is 0.241 e. The molecule has 0 aromatic carbocycles. The lowest BCUT2D eigenvalue weighted by molar-refractivity contribution is -0.121. The summed E-state index contributed by atoms with van der Waals surface area (Å²) in [6.07, 6.45) is 3.51. The highest BCUT2D eigenvalue weighted by atomic mass is 16.1. The van der Waals surface area contributed by atoms with Crippen LogP contribution in [0, 0.1) is 0 Å². The summed E-state index contributed by atoms with van der Waals surface area (Å²) in [5.41, 5.74) is 0.936. The fourth-order valence-electron chi connectivity index (χ4n) is 0.972. The Morgan fingerprint density at radius 1 is 1.69 bits per heavy atom. The molecule has 0 aliphatic heterocycles. The van der Waals surface area contributed by atoms with Crippen LogP contribution >= 0.6 is 0 Å². The highest BCUT2D eigenvalue weighted by Crippen LogP contribution is 2.03. The molecule has 0 fully saturated rings. The quantitative estimate of drug-likeness (QED) is 0.692. The van der Waals surface area contributed by atoms with Gasteiger partial charge in [0.15, 0.2) is 0 Å². The van der Waals surface area contributed by atoms with Gasteiger partial charge in [0.25, 0.3) is 0 Å².